The summed E-state index contributed by atoms with van der Waals surface area (Å²) in [6.07, 6.45) is 0.453. The normalized spacial score (nSPS) is 21.7. The standard InChI is InChI=1S/C15H15N3O3/c1-3-15(11-7-5-4-6-8-11)13(19)18(14(20)16-15)12-9-10(2)21-17-12/h4-9H,3H2,1-2H3,(H,16,20). The van der Waals surface area contributed by atoms with Crippen LogP contribution in [0.5, 0.6) is 0 Å². The molecule has 1 aromatic carbocycles. The third-order valence-electron chi connectivity index (χ3n) is 3.73. The second kappa shape index (κ2) is 4.73. The van der Waals surface area contributed by atoms with Crippen molar-refractivity contribution in [3.63, 3.8) is 0 Å². The molecular weight excluding hydrogens is 270 g/mol. The van der Waals surface area contributed by atoms with E-state index in [1.807, 2.05) is 37.3 Å². The molecule has 2 heterocycles. The van der Waals surface area contributed by atoms with Crippen LogP contribution in [0, 0.1) is 6.92 Å². The molecule has 0 saturated carbocycles. The van der Waals surface area contributed by atoms with Crippen LogP contribution in [-0.2, 0) is 10.3 Å². The second-order valence-electron chi connectivity index (χ2n) is 4.99. The highest BCUT2D eigenvalue weighted by atomic mass is 16.5. The molecule has 1 unspecified atom stereocenters. The van der Waals surface area contributed by atoms with Crippen molar-refractivity contribution in [1.29, 1.82) is 0 Å². The molecule has 1 aliphatic rings. The third-order valence-corrected chi connectivity index (χ3v) is 3.73. The van der Waals surface area contributed by atoms with E-state index in [2.05, 4.69) is 10.5 Å². The van der Waals surface area contributed by atoms with E-state index >= 15 is 0 Å². The zero-order chi connectivity index (χ0) is 15.0. The molecule has 3 rings (SSSR count). The van der Waals surface area contributed by atoms with Crippen LogP contribution in [0.1, 0.15) is 24.7 Å². The fraction of sp³-hybridized carbons (Fsp3) is 0.267. The Bertz CT molecular complexity index is 695. The molecule has 6 nitrogen and oxygen atoms in total. The molecule has 1 aromatic heterocycles. The molecule has 1 fully saturated rings. The summed E-state index contributed by atoms with van der Waals surface area (Å²) in [6.45, 7) is 3.57. The van der Waals surface area contributed by atoms with Gasteiger partial charge in [-0.05, 0) is 18.9 Å². The van der Waals surface area contributed by atoms with Gasteiger partial charge in [0.05, 0.1) is 0 Å². The highest BCUT2D eigenvalue weighted by molar-refractivity contribution is 6.22. The van der Waals surface area contributed by atoms with Gasteiger partial charge in [-0.15, -0.1) is 0 Å². The molecule has 0 spiro atoms. The molecule has 1 N–H and O–H groups in total. The Morgan fingerprint density at radius 2 is 2.00 bits per heavy atom. The summed E-state index contributed by atoms with van der Waals surface area (Å²) in [5, 5.41) is 6.56. The number of anilines is 1. The van der Waals surface area contributed by atoms with Gasteiger partial charge in [-0.25, -0.2) is 9.69 Å². The minimum absolute atomic E-state index is 0.209. The summed E-state index contributed by atoms with van der Waals surface area (Å²) >= 11 is 0. The summed E-state index contributed by atoms with van der Waals surface area (Å²) in [4.78, 5) is 26.1. The molecule has 21 heavy (non-hydrogen) atoms. The van der Waals surface area contributed by atoms with Crippen molar-refractivity contribution in [3.8, 4) is 0 Å². The molecule has 0 radical (unpaired) electrons. The molecular formula is C15H15N3O3. The number of carbonyl (C=O) groups is 2. The predicted molar refractivity (Wildman–Crippen MR) is 75.7 cm³/mol. The molecule has 0 aliphatic carbocycles. The van der Waals surface area contributed by atoms with Crippen molar-refractivity contribution >= 4 is 17.8 Å². The lowest BCUT2D eigenvalue weighted by Crippen LogP contribution is -2.43. The van der Waals surface area contributed by atoms with Gasteiger partial charge in [-0.1, -0.05) is 42.4 Å². The maximum atomic E-state index is 12.8. The highest BCUT2D eigenvalue weighted by Gasteiger charge is 2.52. The smallest absolute Gasteiger partial charge is 0.331 e. The van der Waals surface area contributed by atoms with E-state index < -0.39 is 11.6 Å². The Hall–Kier alpha value is -2.63. The number of hydrogen-bond donors (Lipinski definition) is 1. The average Bonchev–Trinajstić information content (AvgIpc) is 3.02. The average molecular weight is 285 g/mol. The van der Waals surface area contributed by atoms with Crippen LogP contribution in [0.15, 0.2) is 40.9 Å². The van der Waals surface area contributed by atoms with Gasteiger partial charge in [0.1, 0.15) is 11.3 Å². The number of carbonyl (C=O) groups excluding carboxylic acids is 2. The summed E-state index contributed by atoms with van der Waals surface area (Å²) in [5.74, 6) is 0.412. The molecule has 1 atom stereocenters. The van der Waals surface area contributed by atoms with E-state index in [1.54, 1.807) is 13.0 Å². The Kier molecular flexibility index (Phi) is 3.01. The lowest BCUT2D eigenvalue weighted by molar-refractivity contribution is -0.122. The minimum atomic E-state index is -1.05. The Labute approximate surface area is 121 Å². The maximum absolute atomic E-state index is 12.8. The molecule has 2 aromatic rings. The van der Waals surface area contributed by atoms with Gasteiger partial charge < -0.3 is 9.84 Å². The quantitative estimate of drug-likeness (QED) is 0.878. The van der Waals surface area contributed by atoms with Crippen molar-refractivity contribution in [3.05, 3.63) is 47.7 Å². The monoisotopic (exact) mass is 285 g/mol. The second-order valence-corrected chi connectivity index (χ2v) is 4.99. The van der Waals surface area contributed by atoms with Crippen LogP contribution in [0.25, 0.3) is 0 Å². The molecule has 6 heteroatoms. The number of aryl methyl sites for hydroxylation is 1. The van der Waals surface area contributed by atoms with Gasteiger partial charge in [0.15, 0.2) is 5.82 Å². The van der Waals surface area contributed by atoms with Crippen LogP contribution in [0.3, 0.4) is 0 Å². The Morgan fingerprint density at radius 3 is 2.57 bits per heavy atom. The number of urea groups is 1. The number of benzene rings is 1. The van der Waals surface area contributed by atoms with Crippen molar-refractivity contribution in [2.75, 3.05) is 4.90 Å². The number of rotatable bonds is 3. The van der Waals surface area contributed by atoms with E-state index in [0.717, 1.165) is 10.5 Å². The molecule has 0 bridgehead atoms. The zero-order valence-corrected chi connectivity index (χ0v) is 11.8. The van der Waals surface area contributed by atoms with E-state index in [9.17, 15) is 9.59 Å². The van der Waals surface area contributed by atoms with Crippen molar-refractivity contribution in [1.82, 2.24) is 10.5 Å². The topological polar surface area (TPSA) is 75.4 Å². The van der Waals surface area contributed by atoms with Crippen molar-refractivity contribution in [2.24, 2.45) is 0 Å². The van der Waals surface area contributed by atoms with Gasteiger partial charge in [0, 0.05) is 6.07 Å². The largest absolute Gasteiger partial charge is 0.360 e. The van der Waals surface area contributed by atoms with Gasteiger partial charge in [0.25, 0.3) is 5.91 Å². The molecule has 1 saturated heterocycles. The van der Waals surface area contributed by atoms with Gasteiger partial charge in [0.2, 0.25) is 0 Å². The van der Waals surface area contributed by atoms with E-state index in [0.29, 0.717) is 12.2 Å². The first-order valence-electron chi connectivity index (χ1n) is 6.74. The van der Waals surface area contributed by atoms with Crippen LogP contribution >= 0.6 is 0 Å². The number of aromatic nitrogens is 1. The third kappa shape index (κ3) is 1.91. The summed E-state index contributed by atoms with van der Waals surface area (Å²) in [7, 11) is 0. The first kappa shape index (κ1) is 13.4. The fourth-order valence-corrected chi connectivity index (χ4v) is 2.60. The number of nitrogens with one attached hydrogen (secondary N) is 1. The van der Waals surface area contributed by atoms with E-state index in [4.69, 9.17) is 4.52 Å². The number of amides is 3. The lowest BCUT2D eigenvalue weighted by Gasteiger charge is -2.25. The lowest BCUT2D eigenvalue weighted by atomic mass is 9.87. The van der Waals surface area contributed by atoms with Crippen LogP contribution in [-0.4, -0.2) is 17.1 Å². The molecule has 108 valence electrons. The van der Waals surface area contributed by atoms with Crippen molar-refractivity contribution < 1.29 is 14.1 Å². The first-order valence-corrected chi connectivity index (χ1v) is 6.74. The molecule has 1 aliphatic heterocycles. The Balaban J connectivity index is 2.06. The van der Waals surface area contributed by atoms with Crippen molar-refractivity contribution in [2.45, 2.75) is 25.8 Å². The van der Waals surface area contributed by atoms with Crippen LogP contribution < -0.4 is 10.2 Å². The summed E-state index contributed by atoms with van der Waals surface area (Å²) < 4.78 is 4.96. The van der Waals surface area contributed by atoms with E-state index in [1.165, 1.54) is 0 Å². The highest BCUT2D eigenvalue weighted by Crippen LogP contribution is 2.34. The predicted octanol–water partition coefficient (Wildman–Crippen LogP) is 2.34. The van der Waals surface area contributed by atoms with Gasteiger partial charge in [-0.2, -0.15) is 0 Å². The number of nitrogens with zero attached hydrogens (tertiary/aromatic N) is 2. The number of hydrogen-bond acceptors (Lipinski definition) is 4. The Morgan fingerprint density at radius 1 is 1.29 bits per heavy atom. The van der Waals surface area contributed by atoms with Gasteiger partial charge >= 0.3 is 6.03 Å². The molecule has 3 amide bonds. The fourth-order valence-electron chi connectivity index (χ4n) is 2.60. The minimum Gasteiger partial charge on any atom is -0.360 e. The SMILES string of the molecule is CCC1(c2ccccc2)NC(=O)N(c2cc(C)on2)C1=O. The first-order chi connectivity index (χ1) is 10.1. The van der Waals surface area contributed by atoms with Crippen LogP contribution in [0.2, 0.25) is 0 Å². The zero-order valence-electron chi connectivity index (χ0n) is 11.8. The number of imide groups is 1. The summed E-state index contributed by atoms with van der Waals surface area (Å²) in [5.41, 5.74) is -0.292. The maximum Gasteiger partial charge on any atom is 0.331 e. The van der Waals surface area contributed by atoms with Crippen LogP contribution in [0.4, 0.5) is 10.6 Å². The van der Waals surface area contributed by atoms with Gasteiger partial charge in [-0.3, -0.25) is 4.79 Å². The summed E-state index contributed by atoms with van der Waals surface area (Å²) in [6, 6.07) is 10.3. The van der Waals surface area contributed by atoms with E-state index in [-0.39, 0.29) is 11.7 Å².